The van der Waals surface area contributed by atoms with Crippen LogP contribution in [0.1, 0.15) is 12.8 Å². The smallest absolute Gasteiger partial charge is 0.137 e. The quantitative estimate of drug-likeness (QED) is 0.620. The van der Waals surface area contributed by atoms with Gasteiger partial charge in [0.25, 0.3) is 0 Å². The number of nitrogens with zero attached hydrogens (tertiary/aromatic N) is 1. The van der Waals surface area contributed by atoms with Crippen LogP contribution in [-0.4, -0.2) is 64.1 Å². The van der Waals surface area contributed by atoms with E-state index in [1.54, 1.807) is 14.2 Å². The highest BCUT2D eigenvalue weighted by Crippen LogP contribution is 2.21. The Morgan fingerprint density at radius 2 is 1.24 bits per heavy atom. The van der Waals surface area contributed by atoms with E-state index in [4.69, 9.17) is 24.7 Å². The summed E-state index contributed by atoms with van der Waals surface area (Å²) in [6, 6.07) is 15.7. The van der Waals surface area contributed by atoms with Gasteiger partial charge in [-0.05, 0) is 61.4 Å². The molecule has 1 heterocycles. The summed E-state index contributed by atoms with van der Waals surface area (Å²) < 4.78 is 23.3. The van der Waals surface area contributed by atoms with Crippen LogP contribution in [-0.2, 0) is 0 Å². The van der Waals surface area contributed by atoms with Crippen molar-refractivity contribution in [2.45, 2.75) is 18.9 Å². The van der Waals surface area contributed by atoms with E-state index in [0.29, 0.717) is 13.2 Å². The molecule has 0 saturated carbocycles. The number of nitrogens with two attached hydrogens (primary N) is 1. The van der Waals surface area contributed by atoms with E-state index in [0.717, 1.165) is 66.5 Å². The number of ether oxygens (including phenoxy) is 4. The zero-order valence-corrected chi connectivity index (χ0v) is 17.5. The van der Waals surface area contributed by atoms with Gasteiger partial charge >= 0.3 is 0 Å². The van der Waals surface area contributed by atoms with E-state index >= 15 is 0 Å². The maximum absolute atomic E-state index is 6.31. The average Bonchev–Trinajstić information content (AvgIpc) is 2.75. The molecule has 0 aliphatic carbocycles. The number of quaternary nitrogens is 1. The first-order valence-corrected chi connectivity index (χ1v) is 10.3. The third kappa shape index (κ3) is 6.27. The van der Waals surface area contributed by atoms with Crippen LogP contribution in [0.25, 0.3) is 0 Å². The van der Waals surface area contributed by atoms with E-state index in [9.17, 15) is 0 Å². The van der Waals surface area contributed by atoms with Gasteiger partial charge in [0.1, 0.15) is 49.3 Å². The predicted octanol–water partition coefficient (Wildman–Crippen LogP) is 3.10. The molecule has 0 amide bonds. The molecule has 1 aliphatic heterocycles. The number of benzene rings is 2. The highest BCUT2D eigenvalue weighted by Gasteiger charge is 2.33. The van der Waals surface area contributed by atoms with Crippen LogP contribution in [0.15, 0.2) is 48.5 Å². The second-order valence-corrected chi connectivity index (χ2v) is 7.65. The minimum atomic E-state index is 0.241. The molecule has 2 aromatic rings. The SMILES string of the molecule is COc1ccc(OCC[N+]2(CCOc3ccc(OC)cc3)CCCC(N)C2)cc1. The van der Waals surface area contributed by atoms with Gasteiger partial charge in [-0.25, -0.2) is 0 Å². The Kier molecular flexibility index (Phi) is 7.61. The van der Waals surface area contributed by atoms with Crippen molar-refractivity contribution in [1.82, 2.24) is 0 Å². The van der Waals surface area contributed by atoms with E-state index in [2.05, 4.69) is 0 Å². The first-order chi connectivity index (χ1) is 14.1. The van der Waals surface area contributed by atoms with Crippen molar-refractivity contribution >= 4 is 0 Å². The fourth-order valence-corrected chi connectivity index (χ4v) is 3.95. The van der Waals surface area contributed by atoms with Crippen LogP contribution in [0.4, 0.5) is 0 Å². The van der Waals surface area contributed by atoms with Crippen LogP contribution in [0.5, 0.6) is 23.0 Å². The number of rotatable bonds is 10. The number of hydrogen-bond acceptors (Lipinski definition) is 5. The van der Waals surface area contributed by atoms with Crippen molar-refractivity contribution in [3.05, 3.63) is 48.5 Å². The maximum atomic E-state index is 6.31. The third-order valence-corrected chi connectivity index (χ3v) is 5.62. The maximum Gasteiger partial charge on any atom is 0.137 e. The fourth-order valence-electron chi connectivity index (χ4n) is 3.95. The first kappa shape index (κ1) is 21.3. The van der Waals surface area contributed by atoms with Crippen LogP contribution >= 0.6 is 0 Å². The average molecular weight is 402 g/mol. The predicted molar refractivity (Wildman–Crippen MR) is 114 cm³/mol. The zero-order valence-electron chi connectivity index (χ0n) is 17.5. The van der Waals surface area contributed by atoms with Crippen molar-refractivity contribution in [3.63, 3.8) is 0 Å². The van der Waals surface area contributed by atoms with Gasteiger partial charge in [-0.3, -0.25) is 0 Å². The highest BCUT2D eigenvalue weighted by molar-refractivity contribution is 5.31. The molecule has 1 aliphatic rings. The minimum absolute atomic E-state index is 0.241. The molecule has 158 valence electrons. The number of piperidine rings is 1. The fraction of sp³-hybridized carbons (Fsp3) is 0.478. The van der Waals surface area contributed by atoms with Crippen LogP contribution in [0.2, 0.25) is 0 Å². The third-order valence-electron chi connectivity index (χ3n) is 5.62. The van der Waals surface area contributed by atoms with E-state index < -0.39 is 0 Å². The summed E-state index contributed by atoms with van der Waals surface area (Å²) in [7, 11) is 3.33. The summed E-state index contributed by atoms with van der Waals surface area (Å²) in [6.07, 6.45) is 2.24. The van der Waals surface area contributed by atoms with Gasteiger partial charge in [0, 0.05) is 0 Å². The van der Waals surface area contributed by atoms with Crippen molar-refractivity contribution in [3.8, 4) is 23.0 Å². The first-order valence-electron chi connectivity index (χ1n) is 10.3. The Morgan fingerprint density at radius 1 is 0.793 bits per heavy atom. The van der Waals surface area contributed by atoms with Crippen molar-refractivity contribution in [2.24, 2.45) is 5.73 Å². The summed E-state index contributed by atoms with van der Waals surface area (Å²) in [4.78, 5) is 0. The molecule has 3 rings (SSSR count). The molecule has 2 aromatic carbocycles. The van der Waals surface area contributed by atoms with Crippen LogP contribution < -0.4 is 24.7 Å². The molecule has 0 aromatic heterocycles. The summed E-state index contributed by atoms with van der Waals surface area (Å²) >= 11 is 0. The lowest BCUT2D eigenvalue weighted by molar-refractivity contribution is -0.933. The number of likely N-dealkylation sites (tertiary alicyclic amines) is 1. The Morgan fingerprint density at radius 3 is 1.66 bits per heavy atom. The Balaban J connectivity index is 1.53. The van der Waals surface area contributed by atoms with Gasteiger partial charge in [-0.1, -0.05) is 0 Å². The lowest BCUT2D eigenvalue weighted by atomic mass is 10.0. The lowest BCUT2D eigenvalue weighted by Crippen LogP contribution is -2.60. The van der Waals surface area contributed by atoms with Gasteiger partial charge in [0.15, 0.2) is 0 Å². The van der Waals surface area contributed by atoms with E-state index in [1.807, 2.05) is 48.5 Å². The van der Waals surface area contributed by atoms with Gasteiger partial charge in [-0.15, -0.1) is 0 Å². The molecule has 0 spiro atoms. The summed E-state index contributed by atoms with van der Waals surface area (Å²) in [5.74, 6) is 3.39. The summed E-state index contributed by atoms with van der Waals surface area (Å²) in [5.41, 5.74) is 6.31. The van der Waals surface area contributed by atoms with E-state index in [-0.39, 0.29) is 6.04 Å². The topological polar surface area (TPSA) is 62.9 Å². The van der Waals surface area contributed by atoms with Gasteiger partial charge in [-0.2, -0.15) is 0 Å². The standard InChI is InChI=1S/C23H33N2O4/c1-26-20-5-9-22(10-6-20)28-16-14-25(13-3-4-19(24)18-25)15-17-29-23-11-7-21(27-2)8-12-23/h5-12,19H,3-4,13-18,24H2,1-2H3/q+1. The monoisotopic (exact) mass is 401 g/mol. The Hall–Kier alpha value is -2.44. The highest BCUT2D eigenvalue weighted by atomic mass is 16.5. The molecular formula is C23H33N2O4+. The van der Waals surface area contributed by atoms with E-state index in [1.165, 1.54) is 0 Å². The van der Waals surface area contributed by atoms with Gasteiger partial charge < -0.3 is 29.2 Å². The Bertz CT molecular complexity index is 680. The summed E-state index contributed by atoms with van der Waals surface area (Å²) in [6.45, 7) is 5.24. The van der Waals surface area contributed by atoms with Crippen LogP contribution in [0, 0.1) is 0 Å². The number of methoxy groups -OCH3 is 2. The molecule has 1 atom stereocenters. The largest absolute Gasteiger partial charge is 0.497 e. The minimum Gasteiger partial charge on any atom is -0.497 e. The van der Waals surface area contributed by atoms with Crippen molar-refractivity contribution in [2.75, 3.05) is 53.6 Å². The molecule has 1 fully saturated rings. The molecule has 6 nitrogen and oxygen atoms in total. The molecule has 0 radical (unpaired) electrons. The Labute approximate surface area is 173 Å². The molecule has 1 saturated heterocycles. The lowest BCUT2D eigenvalue weighted by Gasteiger charge is -2.43. The molecule has 0 bridgehead atoms. The van der Waals surface area contributed by atoms with Crippen molar-refractivity contribution in [1.29, 1.82) is 0 Å². The van der Waals surface area contributed by atoms with Crippen LogP contribution in [0.3, 0.4) is 0 Å². The van der Waals surface area contributed by atoms with Gasteiger partial charge in [0.2, 0.25) is 0 Å². The normalized spacial score (nSPS) is 18.1. The molecule has 6 heteroatoms. The van der Waals surface area contributed by atoms with Crippen molar-refractivity contribution < 1.29 is 23.4 Å². The second kappa shape index (κ2) is 10.4. The summed E-state index contributed by atoms with van der Waals surface area (Å²) in [5, 5.41) is 0. The molecule has 29 heavy (non-hydrogen) atoms. The number of hydrogen-bond donors (Lipinski definition) is 1. The van der Waals surface area contributed by atoms with Gasteiger partial charge in [0.05, 0.1) is 33.4 Å². The molecule has 2 N–H and O–H groups in total. The molecule has 1 unspecified atom stereocenters. The zero-order chi connectivity index (χ0) is 20.5. The second-order valence-electron chi connectivity index (χ2n) is 7.65. The molecular weight excluding hydrogens is 368 g/mol.